The Morgan fingerprint density at radius 3 is 2.67 bits per heavy atom. The zero-order valence-corrected chi connectivity index (χ0v) is 13.4. The van der Waals surface area contributed by atoms with Crippen LogP contribution in [0.5, 0.6) is 0 Å². The third-order valence-electron chi connectivity index (χ3n) is 3.71. The first-order chi connectivity index (χ1) is 11.7. The Kier molecular flexibility index (Phi) is 3.49. The predicted molar refractivity (Wildman–Crippen MR) is 90.5 cm³/mol. The van der Waals surface area contributed by atoms with E-state index in [-0.39, 0.29) is 6.04 Å². The molecule has 0 aliphatic heterocycles. The highest BCUT2D eigenvalue weighted by Crippen LogP contribution is 2.25. The van der Waals surface area contributed by atoms with Gasteiger partial charge in [-0.25, -0.2) is 4.98 Å². The Balaban J connectivity index is 1.55. The topological polar surface area (TPSA) is 77.0 Å². The summed E-state index contributed by atoms with van der Waals surface area (Å²) in [6, 6.07) is 15.4. The van der Waals surface area contributed by atoms with Crippen LogP contribution < -0.4 is 5.32 Å². The van der Waals surface area contributed by atoms with Crippen molar-refractivity contribution in [3.05, 3.63) is 60.3 Å². The molecule has 1 N–H and O–H groups in total. The number of oxazole rings is 1. The lowest BCUT2D eigenvalue weighted by Crippen LogP contribution is -2.06. The lowest BCUT2D eigenvalue weighted by atomic mass is 10.2. The maximum absolute atomic E-state index is 5.78. The number of fused-ring (bicyclic) bond motifs is 1. The van der Waals surface area contributed by atoms with E-state index in [1.807, 2.05) is 62.4 Å². The number of aryl methyl sites for hydroxylation is 1. The minimum Gasteiger partial charge on any atom is -0.441 e. The minimum absolute atomic E-state index is 0.125. The number of rotatable bonds is 4. The lowest BCUT2D eigenvalue weighted by molar-refractivity contribution is 0.485. The van der Waals surface area contributed by atoms with Gasteiger partial charge in [-0.05, 0) is 37.3 Å². The van der Waals surface area contributed by atoms with Gasteiger partial charge in [0.25, 0.3) is 0 Å². The van der Waals surface area contributed by atoms with Crippen LogP contribution in [0.3, 0.4) is 0 Å². The molecule has 6 heteroatoms. The Morgan fingerprint density at radius 1 is 1.00 bits per heavy atom. The second-order valence-electron chi connectivity index (χ2n) is 5.59. The Morgan fingerprint density at radius 2 is 1.83 bits per heavy atom. The van der Waals surface area contributed by atoms with Crippen LogP contribution in [0.4, 0.5) is 5.69 Å². The van der Waals surface area contributed by atoms with Crippen molar-refractivity contribution in [1.29, 1.82) is 0 Å². The predicted octanol–water partition coefficient (Wildman–Crippen LogP) is 4.36. The molecule has 0 radical (unpaired) electrons. The Hall–Kier alpha value is -3.15. The van der Waals surface area contributed by atoms with Crippen LogP contribution in [-0.4, -0.2) is 15.2 Å². The van der Waals surface area contributed by atoms with Crippen LogP contribution >= 0.6 is 0 Å². The molecule has 120 valence electrons. The second-order valence-corrected chi connectivity index (χ2v) is 5.59. The van der Waals surface area contributed by atoms with Crippen molar-refractivity contribution in [2.45, 2.75) is 19.9 Å². The summed E-state index contributed by atoms with van der Waals surface area (Å²) in [6.07, 6.45) is 0. The molecule has 1 atom stereocenters. The Labute approximate surface area is 138 Å². The van der Waals surface area contributed by atoms with Gasteiger partial charge < -0.3 is 14.2 Å². The van der Waals surface area contributed by atoms with Gasteiger partial charge in [0.1, 0.15) is 11.6 Å². The average Bonchev–Trinajstić information content (AvgIpc) is 3.21. The highest BCUT2D eigenvalue weighted by Gasteiger charge is 2.15. The van der Waals surface area contributed by atoms with E-state index in [0.29, 0.717) is 17.7 Å². The first-order valence-electron chi connectivity index (χ1n) is 7.71. The molecule has 0 saturated heterocycles. The van der Waals surface area contributed by atoms with E-state index in [4.69, 9.17) is 8.83 Å². The summed E-state index contributed by atoms with van der Waals surface area (Å²) >= 11 is 0. The fourth-order valence-corrected chi connectivity index (χ4v) is 2.55. The van der Waals surface area contributed by atoms with Crippen molar-refractivity contribution in [3.8, 4) is 11.5 Å². The molecule has 0 aliphatic carbocycles. The third-order valence-corrected chi connectivity index (χ3v) is 3.71. The van der Waals surface area contributed by atoms with Crippen LogP contribution in [0.25, 0.3) is 22.6 Å². The number of hydrogen-bond acceptors (Lipinski definition) is 6. The van der Waals surface area contributed by atoms with Gasteiger partial charge in [0.2, 0.25) is 11.8 Å². The van der Waals surface area contributed by atoms with E-state index in [9.17, 15) is 0 Å². The first-order valence-corrected chi connectivity index (χ1v) is 7.71. The normalized spacial score (nSPS) is 12.4. The van der Waals surface area contributed by atoms with Crippen molar-refractivity contribution in [1.82, 2.24) is 15.2 Å². The second kappa shape index (κ2) is 5.81. The van der Waals surface area contributed by atoms with E-state index < -0.39 is 0 Å². The molecule has 24 heavy (non-hydrogen) atoms. The van der Waals surface area contributed by atoms with E-state index in [2.05, 4.69) is 20.5 Å². The molecule has 0 fully saturated rings. The first kappa shape index (κ1) is 14.4. The molecule has 2 heterocycles. The lowest BCUT2D eigenvalue weighted by Gasteiger charge is -2.10. The quantitative estimate of drug-likeness (QED) is 0.602. The fraction of sp³-hybridized carbons (Fsp3) is 0.167. The standard InChI is InChI=1S/C18H16N4O2/c1-11(17-21-22-18(24-17)13-6-4-3-5-7-13)19-14-8-9-16-15(10-14)20-12(2)23-16/h3-11,19H,1-2H3. The van der Waals surface area contributed by atoms with Crippen molar-refractivity contribution >= 4 is 16.8 Å². The zero-order chi connectivity index (χ0) is 16.5. The number of nitrogens with one attached hydrogen (secondary N) is 1. The van der Waals surface area contributed by atoms with Crippen LogP contribution in [0, 0.1) is 6.92 Å². The van der Waals surface area contributed by atoms with Crippen molar-refractivity contribution < 1.29 is 8.83 Å². The smallest absolute Gasteiger partial charge is 0.247 e. The van der Waals surface area contributed by atoms with Crippen molar-refractivity contribution in [3.63, 3.8) is 0 Å². The SMILES string of the molecule is Cc1nc2cc(NC(C)c3nnc(-c4ccccc4)o3)ccc2o1. The minimum atomic E-state index is -0.125. The van der Waals surface area contributed by atoms with Gasteiger partial charge >= 0.3 is 0 Å². The number of nitrogens with zero attached hydrogens (tertiary/aromatic N) is 3. The molecule has 2 aromatic heterocycles. The zero-order valence-electron chi connectivity index (χ0n) is 13.4. The molecule has 4 rings (SSSR count). The van der Waals surface area contributed by atoms with Crippen LogP contribution in [0.2, 0.25) is 0 Å². The van der Waals surface area contributed by atoms with E-state index in [1.54, 1.807) is 0 Å². The van der Waals surface area contributed by atoms with Crippen molar-refractivity contribution in [2.75, 3.05) is 5.32 Å². The number of anilines is 1. The molecule has 2 aromatic carbocycles. The van der Waals surface area contributed by atoms with Gasteiger partial charge in [-0.15, -0.1) is 10.2 Å². The number of hydrogen-bond donors (Lipinski definition) is 1. The summed E-state index contributed by atoms with van der Waals surface area (Å²) < 4.78 is 11.3. The molecule has 1 unspecified atom stereocenters. The number of aromatic nitrogens is 3. The summed E-state index contributed by atoms with van der Waals surface area (Å²) in [6.45, 7) is 3.81. The molecule has 0 spiro atoms. The fourth-order valence-electron chi connectivity index (χ4n) is 2.55. The van der Waals surface area contributed by atoms with Gasteiger partial charge in [-0.1, -0.05) is 18.2 Å². The molecule has 4 aromatic rings. The van der Waals surface area contributed by atoms with Crippen LogP contribution in [0.15, 0.2) is 57.4 Å². The molecule has 0 amide bonds. The van der Waals surface area contributed by atoms with Crippen LogP contribution in [0.1, 0.15) is 24.7 Å². The van der Waals surface area contributed by atoms with E-state index >= 15 is 0 Å². The van der Waals surface area contributed by atoms with Crippen molar-refractivity contribution in [2.24, 2.45) is 0 Å². The highest BCUT2D eigenvalue weighted by atomic mass is 16.4. The molecule has 6 nitrogen and oxygen atoms in total. The molecular formula is C18H16N4O2. The Bertz CT molecular complexity index is 975. The van der Waals surface area contributed by atoms with Gasteiger partial charge in [0, 0.05) is 18.2 Å². The molecule has 0 aliphatic rings. The maximum atomic E-state index is 5.78. The summed E-state index contributed by atoms with van der Waals surface area (Å²) in [5.41, 5.74) is 3.42. The highest BCUT2D eigenvalue weighted by molar-refractivity contribution is 5.77. The summed E-state index contributed by atoms with van der Waals surface area (Å²) in [5, 5.41) is 11.6. The monoisotopic (exact) mass is 320 g/mol. The molecular weight excluding hydrogens is 304 g/mol. The molecule has 0 bridgehead atoms. The van der Waals surface area contributed by atoms with E-state index in [1.165, 1.54) is 0 Å². The van der Waals surface area contributed by atoms with Gasteiger partial charge in [-0.3, -0.25) is 0 Å². The summed E-state index contributed by atoms with van der Waals surface area (Å²) in [7, 11) is 0. The van der Waals surface area contributed by atoms with Gasteiger partial charge in [0.15, 0.2) is 11.5 Å². The third kappa shape index (κ3) is 2.74. The largest absolute Gasteiger partial charge is 0.441 e. The number of benzene rings is 2. The van der Waals surface area contributed by atoms with Crippen LogP contribution in [-0.2, 0) is 0 Å². The summed E-state index contributed by atoms with van der Waals surface area (Å²) in [5.74, 6) is 1.70. The molecule has 0 saturated carbocycles. The maximum Gasteiger partial charge on any atom is 0.247 e. The summed E-state index contributed by atoms with van der Waals surface area (Å²) in [4.78, 5) is 4.34. The van der Waals surface area contributed by atoms with E-state index in [0.717, 1.165) is 22.4 Å². The van der Waals surface area contributed by atoms with Gasteiger partial charge in [0.05, 0.1) is 0 Å². The average molecular weight is 320 g/mol. The van der Waals surface area contributed by atoms with Gasteiger partial charge in [-0.2, -0.15) is 0 Å².